The van der Waals surface area contributed by atoms with Gasteiger partial charge >= 0.3 is 0 Å². The number of rotatable bonds is 4. The second kappa shape index (κ2) is 6.93. The van der Waals surface area contributed by atoms with E-state index < -0.39 is 5.82 Å². The topological polar surface area (TPSA) is 37.6 Å². The van der Waals surface area contributed by atoms with Gasteiger partial charge in [-0.05, 0) is 18.2 Å². The number of likely N-dealkylation sites (N-methyl/N-ethyl adjacent to an activating group) is 1. The summed E-state index contributed by atoms with van der Waals surface area (Å²) in [6, 6.07) is 4.43. The minimum Gasteiger partial charge on any atom is -0.338 e. The quantitative estimate of drug-likeness (QED) is 0.621. The van der Waals surface area contributed by atoms with E-state index in [1.54, 1.807) is 23.6 Å². The zero-order chi connectivity index (χ0) is 17.3. The average Bonchev–Trinajstić information content (AvgIpc) is 3.09. The van der Waals surface area contributed by atoms with Crippen molar-refractivity contribution in [2.24, 2.45) is 0 Å². The van der Waals surface area contributed by atoms with Gasteiger partial charge in [0.25, 0.3) is 0 Å². The summed E-state index contributed by atoms with van der Waals surface area (Å²) < 4.78 is 15.6. The predicted molar refractivity (Wildman–Crippen MR) is 95.0 cm³/mol. The van der Waals surface area contributed by atoms with Gasteiger partial charge in [0.1, 0.15) is 5.82 Å². The number of imidazole rings is 1. The summed E-state index contributed by atoms with van der Waals surface area (Å²) >= 11 is 13.5. The summed E-state index contributed by atoms with van der Waals surface area (Å²) in [7, 11) is 1.58. The van der Waals surface area contributed by atoms with Crippen molar-refractivity contribution < 1.29 is 9.18 Å². The van der Waals surface area contributed by atoms with E-state index in [0.717, 1.165) is 4.96 Å². The monoisotopic (exact) mass is 383 g/mol. The Balaban J connectivity index is 1.77. The Labute approximate surface area is 151 Å². The molecule has 0 bridgehead atoms. The molecule has 0 N–H and O–H groups in total. The number of benzene rings is 1. The lowest BCUT2D eigenvalue weighted by Gasteiger charge is -2.16. The third kappa shape index (κ3) is 3.31. The fourth-order valence-corrected chi connectivity index (χ4v) is 3.43. The van der Waals surface area contributed by atoms with E-state index in [0.29, 0.717) is 10.8 Å². The molecule has 1 amide bonds. The Kier molecular flexibility index (Phi) is 4.89. The summed E-state index contributed by atoms with van der Waals surface area (Å²) in [5.41, 5.74) is 0.907. The highest BCUT2D eigenvalue weighted by molar-refractivity contribution is 7.15. The number of nitrogens with zero attached hydrogens (tertiary/aromatic N) is 3. The van der Waals surface area contributed by atoms with Crippen molar-refractivity contribution >= 4 is 51.5 Å². The van der Waals surface area contributed by atoms with E-state index in [4.69, 9.17) is 23.2 Å². The first-order valence-corrected chi connectivity index (χ1v) is 8.58. The molecule has 2 heterocycles. The predicted octanol–water partition coefficient (Wildman–Crippen LogP) is 4.51. The number of thiazole rings is 1. The van der Waals surface area contributed by atoms with Crippen molar-refractivity contribution in [3.05, 3.63) is 63.1 Å². The normalized spacial score (nSPS) is 11.5. The fourth-order valence-electron chi connectivity index (χ4n) is 2.20. The number of carbonyl (C=O) groups excluding carboxylic acids is 1. The maximum atomic E-state index is 13.8. The average molecular weight is 384 g/mol. The number of halogens is 3. The van der Waals surface area contributed by atoms with Gasteiger partial charge in [0.15, 0.2) is 10.1 Å². The highest BCUT2D eigenvalue weighted by Crippen LogP contribution is 2.23. The minimum atomic E-state index is -0.440. The zero-order valence-corrected chi connectivity index (χ0v) is 14.9. The summed E-state index contributed by atoms with van der Waals surface area (Å²) in [6.07, 6.45) is 4.80. The summed E-state index contributed by atoms with van der Waals surface area (Å²) in [4.78, 5) is 18.6. The number of carbonyl (C=O) groups is 1. The number of aromatic nitrogens is 2. The van der Waals surface area contributed by atoms with Gasteiger partial charge in [-0.25, -0.2) is 9.37 Å². The molecular weight excluding hydrogens is 372 g/mol. The minimum absolute atomic E-state index is 0.0721. The molecule has 24 heavy (non-hydrogen) atoms. The molecule has 0 atom stereocenters. The van der Waals surface area contributed by atoms with E-state index in [9.17, 15) is 9.18 Å². The van der Waals surface area contributed by atoms with Crippen LogP contribution in [-0.2, 0) is 11.3 Å². The van der Waals surface area contributed by atoms with Gasteiger partial charge in [0, 0.05) is 41.8 Å². The van der Waals surface area contributed by atoms with Gasteiger partial charge in [-0.15, -0.1) is 11.3 Å². The molecule has 0 aliphatic rings. The Morgan fingerprint density at radius 3 is 3.00 bits per heavy atom. The van der Waals surface area contributed by atoms with Crippen LogP contribution in [0.2, 0.25) is 10.2 Å². The van der Waals surface area contributed by atoms with E-state index in [1.165, 1.54) is 34.4 Å². The van der Waals surface area contributed by atoms with Crippen molar-refractivity contribution in [2.75, 3.05) is 7.05 Å². The largest absolute Gasteiger partial charge is 0.338 e. The van der Waals surface area contributed by atoms with Crippen molar-refractivity contribution in [2.45, 2.75) is 6.54 Å². The van der Waals surface area contributed by atoms with Crippen LogP contribution in [0.1, 0.15) is 11.3 Å². The van der Waals surface area contributed by atoms with Crippen LogP contribution in [0.15, 0.2) is 35.9 Å². The van der Waals surface area contributed by atoms with Crippen LogP contribution in [-0.4, -0.2) is 27.2 Å². The Bertz CT molecular complexity index is 914. The smallest absolute Gasteiger partial charge is 0.246 e. The highest BCUT2D eigenvalue weighted by Gasteiger charge is 2.13. The first-order chi connectivity index (χ1) is 11.5. The van der Waals surface area contributed by atoms with Crippen molar-refractivity contribution in [1.82, 2.24) is 14.3 Å². The molecule has 124 valence electrons. The van der Waals surface area contributed by atoms with Gasteiger partial charge < -0.3 is 4.90 Å². The lowest BCUT2D eigenvalue weighted by molar-refractivity contribution is -0.125. The molecule has 8 heteroatoms. The molecule has 0 spiro atoms. The SMILES string of the molecule is CN(Cc1c(F)cccc1Cl)C(=O)/C=C/c1c(Cl)nc2sccn12. The molecule has 0 aliphatic heterocycles. The second-order valence-electron chi connectivity index (χ2n) is 5.07. The van der Waals surface area contributed by atoms with Crippen molar-refractivity contribution in [3.8, 4) is 0 Å². The standard InChI is InChI=1S/C16H12Cl2FN3OS/c1-21(9-10-11(17)3-2-4-12(10)19)14(23)6-5-13-15(18)20-16-22(13)7-8-24-16/h2-8H,9H2,1H3/b6-5+. The van der Waals surface area contributed by atoms with E-state index in [2.05, 4.69) is 4.98 Å². The van der Waals surface area contributed by atoms with Crippen LogP contribution < -0.4 is 0 Å². The van der Waals surface area contributed by atoms with Gasteiger partial charge in [0.05, 0.1) is 5.69 Å². The molecule has 0 aliphatic carbocycles. The first-order valence-electron chi connectivity index (χ1n) is 6.94. The van der Waals surface area contributed by atoms with E-state index in [-0.39, 0.29) is 23.0 Å². The Morgan fingerprint density at radius 1 is 1.46 bits per heavy atom. The first kappa shape index (κ1) is 17.0. The molecule has 0 saturated carbocycles. The molecule has 3 aromatic rings. The molecule has 0 fully saturated rings. The van der Waals surface area contributed by atoms with Gasteiger partial charge in [-0.3, -0.25) is 9.20 Å². The van der Waals surface area contributed by atoms with Crippen molar-refractivity contribution in [1.29, 1.82) is 0 Å². The Morgan fingerprint density at radius 2 is 2.25 bits per heavy atom. The number of fused-ring (bicyclic) bond motifs is 1. The van der Waals surface area contributed by atoms with Crippen LogP contribution in [0.5, 0.6) is 0 Å². The van der Waals surface area contributed by atoms with Gasteiger partial charge in [-0.1, -0.05) is 29.3 Å². The van der Waals surface area contributed by atoms with Crippen LogP contribution in [0.4, 0.5) is 4.39 Å². The summed E-state index contributed by atoms with van der Waals surface area (Å²) in [5, 5.41) is 2.49. The molecule has 0 unspecified atom stereocenters. The second-order valence-corrected chi connectivity index (χ2v) is 6.71. The van der Waals surface area contributed by atoms with E-state index >= 15 is 0 Å². The van der Waals surface area contributed by atoms with Crippen LogP contribution in [0.3, 0.4) is 0 Å². The maximum Gasteiger partial charge on any atom is 0.246 e. The fraction of sp³-hybridized carbons (Fsp3) is 0.125. The van der Waals surface area contributed by atoms with Crippen LogP contribution in [0, 0.1) is 5.82 Å². The number of amides is 1. The zero-order valence-electron chi connectivity index (χ0n) is 12.5. The molecule has 0 radical (unpaired) electrons. The molecule has 0 saturated heterocycles. The molecule has 2 aromatic heterocycles. The number of hydrogen-bond acceptors (Lipinski definition) is 3. The molecule has 3 rings (SSSR count). The van der Waals surface area contributed by atoms with Gasteiger partial charge in [-0.2, -0.15) is 0 Å². The van der Waals surface area contributed by atoms with Crippen LogP contribution >= 0.6 is 34.5 Å². The lowest BCUT2D eigenvalue weighted by Crippen LogP contribution is -2.24. The van der Waals surface area contributed by atoms with Crippen molar-refractivity contribution in [3.63, 3.8) is 0 Å². The van der Waals surface area contributed by atoms with Gasteiger partial charge in [0.2, 0.25) is 5.91 Å². The summed E-state index contributed by atoms with van der Waals surface area (Å²) in [5.74, 6) is -0.736. The Hall–Kier alpha value is -1.89. The number of hydrogen-bond donors (Lipinski definition) is 0. The highest BCUT2D eigenvalue weighted by atomic mass is 35.5. The summed E-state index contributed by atoms with van der Waals surface area (Å²) in [6.45, 7) is 0.0721. The van der Waals surface area contributed by atoms with E-state index in [1.807, 2.05) is 11.6 Å². The third-order valence-corrected chi connectivity index (χ3v) is 4.86. The van der Waals surface area contributed by atoms with Crippen LogP contribution in [0.25, 0.3) is 11.0 Å². The molecule has 4 nitrogen and oxygen atoms in total. The molecular formula is C16H12Cl2FN3OS. The third-order valence-electron chi connectivity index (χ3n) is 3.47. The molecule has 1 aromatic carbocycles. The lowest BCUT2D eigenvalue weighted by atomic mass is 10.2. The maximum absolute atomic E-state index is 13.8.